The Morgan fingerprint density at radius 3 is 2.62 bits per heavy atom. The zero-order valence-electron chi connectivity index (χ0n) is 15.5. The van der Waals surface area contributed by atoms with Crippen LogP contribution in [0, 0.1) is 0 Å². The highest BCUT2D eigenvalue weighted by atomic mass is 16.5. The maximum absolute atomic E-state index is 11.1. The summed E-state index contributed by atoms with van der Waals surface area (Å²) < 4.78 is 6.11. The van der Waals surface area contributed by atoms with Gasteiger partial charge in [0.1, 0.15) is 12.4 Å². The standard InChI is InChI=1S/C21H25N3O2/c1-15(25)23-18-9-7-16(8-10-18)14-26-20-6-4-5-19-21(20)17(13-22-19)11-12-24(2)3/h4-10,13,22H,11-12,14H2,1-3H3,(H,23,25). The largest absolute Gasteiger partial charge is 0.488 e. The number of carbonyl (C=O) groups excluding carboxylic acids is 1. The lowest BCUT2D eigenvalue weighted by Crippen LogP contribution is -2.14. The summed E-state index contributed by atoms with van der Waals surface area (Å²) in [7, 11) is 4.16. The SMILES string of the molecule is CC(=O)Nc1ccc(COc2cccc3[nH]cc(CCN(C)C)c23)cc1. The van der Waals surface area contributed by atoms with E-state index in [1.807, 2.05) is 36.4 Å². The van der Waals surface area contributed by atoms with Gasteiger partial charge in [0.25, 0.3) is 0 Å². The smallest absolute Gasteiger partial charge is 0.221 e. The molecular formula is C21H25N3O2. The van der Waals surface area contributed by atoms with Gasteiger partial charge < -0.3 is 19.9 Å². The molecule has 1 aromatic heterocycles. The van der Waals surface area contributed by atoms with Gasteiger partial charge in [0.2, 0.25) is 5.91 Å². The molecule has 0 bridgehead atoms. The summed E-state index contributed by atoms with van der Waals surface area (Å²) in [6.45, 7) is 2.98. The number of anilines is 1. The molecule has 0 atom stereocenters. The average molecular weight is 351 g/mol. The van der Waals surface area contributed by atoms with Gasteiger partial charge in [-0.3, -0.25) is 4.79 Å². The molecule has 2 N–H and O–H groups in total. The second-order valence-electron chi connectivity index (χ2n) is 6.71. The van der Waals surface area contributed by atoms with E-state index in [1.54, 1.807) is 0 Å². The Hall–Kier alpha value is -2.79. The van der Waals surface area contributed by atoms with Crippen molar-refractivity contribution in [2.45, 2.75) is 20.0 Å². The van der Waals surface area contributed by atoms with Crippen LogP contribution >= 0.6 is 0 Å². The van der Waals surface area contributed by atoms with Gasteiger partial charge in [-0.05, 0) is 55.9 Å². The van der Waals surface area contributed by atoms with E-state index in [9.17, 15) is 4.79 Å². The lowest BCUT2D eigenvalue weighted by atomic mass is 10.1. The van der Waals surface area contributed by atoms with E-state index in [2.05, 4.69) is 41.6 Å². The number of fused-ring (bicyclic) bond motifs is 1. The molecule has 3 aromatic rings. The van der Waals surface area contributed by atoms with Crippen molar-refractivity contribution in [2.75, 3.05) is 26.0 Å². The van der Waals surface area contributed by atoms with Gasteiger partial charge in [-0.1, -0.05) is 18.2 Å². The Balaban J connectivity index is 1.74. The van der Waals surface area contributed by atoms with E-state index < -0.39 is 0 Å². The Bertz CT molecular complexity index is 882. The second-order valence-corrected chi connectivity index (χ2v) is 6.71. The summed E-state index contributed by atoms with van der Waals surface area (Å²) in [6.07, 6.45) is 3.04. The Morgan fingerprint density at radius 1 is 1.15 bits per heavy atom. The Kier molecular flexibility index (Phi) is 5.58. The summed E-state index contributed by atoms with van der Waals surface area (Å²) >= 11 is 0. The van der Waals surface area contributed by atoms with Crippen molar-refractivity contribution in [1.82, 2.24) is 9.88 Å². The number of aromatic nitrogens is 1. The quantitative estimate of drug-likeness (QED) is 0.680. The van der Waals surface area contributed by atoms with Crippen LogP contribution in [0.25, 0.3) is 10.9 Å². The number of nitrogens with zero attached hydrogens (tertiary/aromatic N) is 1. The molecule has 0 fully saturated rings. The topological polar surface area (TPSA) is 57.4 Å². The predicted molar refractivity (Wildman–Crippen MR) is 106 cm³/mol. The van der Waals surface area contributed by atoms with E-state index in [4.69, 9.17) is 4.74 Å². The zero-order valence-corrected chi connectivity index (χ0v) is 15.5. The molecule has 0 spiro atoms. The molecule has 0 saturated heterocycles. The number of H-pyrrole nitrogens is 1. The molecule has 2 aromatic carbocycles. The van der Waals surface area contributed by atoms with Crippen LogP contribution in [0.15, 0.2) is 48.7 Å². The molecule has 5 nitrogen and oxygen atoms in total. The van der Waals surface area contributed by atoms with Gasteiger partial charge in [-0.2, -0.15) is 0 Å². The number of aromatic amines is 1. The molecule has 0 aliphatic carbocycles. The Labute approximate surface area is 154 Å². The summed E-state index contributed by atoms with van der Waals surface area (Å²) in [5.74, 6) is 0.821. The maximum atomic E-state index is 11.1. The van der Waals surface area contributed by atoms with E-state index in [-0.39, 0.29) is 5.91 Å². The fourth-order valence-corrected chi connectivity index (χ4v) is 2.93. The molecule has 1 amide bonds. The van der Waals surface area contributed by atoms with Gasteiger partial charge in [-0.25, -0.2) is 0 Å². The van der Waals surface area contributed by atoms with E-state index in [1.165, 1.54) is 12.5 Å². The minimum atomic E-state index is -0.0709. The highest BCUT2D eigenvalue weighted by Gasteiger charge is 2.10. The van der Waals surface area contributed by atoms with E-state index >= 15 is 0 Å². The third-order valence-electron chi connectivity index (χ3n) is 4.25. The number of amides is 1. The minimum Gasteiger partial charge on any atom is -0.488 e. The first-order valence-electron chi connectivity index (χ1n) is 8.76. The van der Waals surface area contributed by atoms with Crippen LogP contribution in [0.3, 0.4) is 0 Å². The average Bonchev–Trinajstić information content (AvgIpc) is 3.02. The van der Waals surface area contributed by atoms with Crippen molar-refractivity contribution in [3.05, 3.63) is 59.8 Å². The van der Waals surface area contributed by atoms with E-state index in [0.717, 1.165) is 40.9 Å². The minimum absolute atomic E-state index is 0.0709. The van der Waals surface area contributed by atoms with Crippen molar-refractivity contribution in [3.8, 4) is 5.75 Å². The van der Waals surface area contributed by atoms with Crippen LogP contribution < -0.4 is 10.1 Å². The molecule has 136 valence electrons. The first kappa shape index (κ1) is 18.0. The van der Waals surface area contributed by atoms with Crippen molar-refractivity contribution in [1.29, 1.82) is 0 Å². The summed E-state index contributed by atoms with van der Waals surface area (Å²) in [6, 6.07) is 13.8. The van der Waals surface area contributed by atoms with Crippen molar-refractivity contribution < 1.29 is 9.53 Å². The third-order valence-corrected chi connectivity index (χ3v) is 4.25. The lowest BCUT2D eigenvalue weighted by molar-refractivity contribution is -0.114. The highest BCUT2D eigenvalue weighted by molar-refractivity contribution is 5.89. The zero-order chi connectivity index (χ0) is 18.5. The summed E-state index contributed by atoms with van der Waals surface area (Å²) in [5.41, 5.74) is 4.21. The number of carbonyl (C=O) groups is 1. The summed E-state index contributed by atoms with van der Waals surface area (Å²) in [4.78, 5) is 16.6. The first-order chi connectivity index (χ1) is 12.5. The molecule has 0 radical (unpaired) electrons. The van der Waals surface area contributed by atoms with Crippen LogP contribution in [-0.4, -0.2) is 36.4 Å². The molecule has 5 heteroatoms. The van der Waals surface area contributed by atoms with Crippen molar-refractivity contribution in [3.63, 3.8) is 0 Å². The molecule has 0 aliphatic rings. The monoisotopic (exact) mass is 351 g/mol. The summed E-state index contributed by atoms with van der Waals surface area (Å²) in [5, 5.41) is 3.93. The van der Waals surface area contributed by atoms with Crippen LogP contribution in [0.5, 0.6) is 5.75 Å². The number of nitrogens with one attached hydrogen (secondary N) is 2. The molecular weight excluding hydrogens is 326 g/mol. The third kappa shape index (κ3) is 4.43. The molecule has 1 heterocycles. The van der Waals surface area contributed by atoms with Gasteiger partial charge in [0.05, 0.1) is 0 Å². The van der Waals surface area contributed by atoms with Gasteiger partial charge >= 0.3 is 0 Å². The van der Waals surface area contributed by atoms with Crippen molar-refractivity contribution >= 4 is 22.5 Å². The number of benzene rings is 2. The predicted octanol–water partition coefficient (Wildman–Crippen LogP) is 3.81. The van der Waals surface area contributed by atoms with Gasteiger partial charge in [0, 0.05) is 36.3 Å². The normalized spacial score (nSPS) is 11.1. The molecule has 26 heavy (non-hydrogen) atoms. The van der Waals surface area contributed by atoms with E-state index in [0.29, 0.717) is 6.61 Å². The number of ether oxygens (including phenoxy) is 1. The fraction of sp³-hybridized carbons (Fsp3) is 0.286. The molecule has 0 unspecified atom stereocenters. The number of likely N-dealkylation sites (N-methyl/N-ethyl adjacent to an activating group) is 1. The van der Waals surface area contributed by atoms with Gasteiger partial charge in [0.15, 0.2) is 0 Å². The van der Waals surface area contributed by atoms with Gasteiger partial charge in [-0.15, -0.1) is 0 Å². The first-order valence-corrected chi connectivity index (χ1v) is 8.76. The van der Waals surface area contributed by atoms with Crippen LogP contribution in [-0.2, 0) is 17.8 Å². The number of hydrogen-bond acceptors (Lipinski definition) is 3. The molecule has 0 saturated carbocycles. The van der Waals surface area contributed by atoms with Crippen LogP contribution in [0.4, 0.5) is 5.69 Å². The maximum Gasteiger partial charge on any atom is 0.221 e. The van der Waals surface area contributed by atoms with Crippen LogP contribution in [0.1, 0.15) is 18.1 Å². The number of hydrogen-bond donors (Lipinski definition) is 2. The number of rotatable bonds is 7. The Morgan fingerprint density at radius 2 is 1.92 bits per heavy atom. The fourth-order valence-electron chi connectivity index (χ4n) is 2.93. The van der Waals surface area contributed by atoms with Crippen LogP contribution in [0.2, 0.25) is 0 Å². The molecule has 3 rings (SSSR count). The highest BCUT2D eigenvalue weighted by Crippen LogP contribution is 2.30. The van der Waals surface area contributed by atoms with Crippen molar-refractivity contribution in [2.24, 2.45) is 0 Å². The lowest BCUT2D eigenvalue weighted by Gasteiger charge is -2.11. The second kappa shape index (κ2) is 8.06. The molecule has 0 aliphatic heterocycles.